The molecule has 2 heterocycles. The number of hydrogen-bond acceptors (Lipinski definition) is 7. The molecule has 1 amide bonds. The van der Waals surface area contributed by atoms with Gasteiger partial charge in [0.2, 0.25) is 11.1 Å². The summed E-state index contributed by atoms with van der Waals surface area (Å²) in [6.07, 6.45) is 0. The molecule has 0 spiro atoms. The Morgan fingerprint density at radius 3 is 2.41 bits per heavy atom. The van der Waals surface area contributed by atoms with E-state index in [2.05, 4.69) is 22.8 Å². The van der Waals surface area contributed by atoms with Crippen LogP contribution in [0.4, 0.5) is 11.6 Å². The fraction of sp³-hybridized carbons (Fsp3) is 0.179. The molecule has 4 aromatic rings. The second-order valence-electron chi connectivity index (χ2n) is 8.40. The molecule has 9 heteroatoms. The third-order valence-electron chi connectivity index (χ3n) is 6.08. The second-order valence-corrected chi connectivity index (χ2v) is 9.34. The van der Waals surface area contributed by atoms with E-state index < -0.39 is 6.04 Å². The first-order chi connectivity index (χ1) is 18.1. The lowest BCUT2D eigenvalue weighted by molar-refractivity contribution is -0.113. The monoisotopic (exact) mass is 513 g/mol. The number of benzene rings is 3. The van der Waals surface area contributed by atoms with Crippen LogP contribution in [-0.4, -0.2) is 34.9 Å². The van der Waals surface area contributed by atoms with Crippen molar-refractivity contribution >= 4 is 29.3 Å². The summed E-state index contributed by atoms with van der Waals surface area (Å²) >= 11 is 1.54. The first-order valence-corrected chi connectivity index (χ1v) is 12.8. The Bertz CT molecular complexity index is 1450. The molecule has 0 radical (unpaired) electrons. The van der Waals surface area contributed by atoms with Gasteiger partial charge in [-0.05, 0) is 30.7 Å². The molecule has 0 saturated carbocycles. The molecule has 5 rings (SSSR count). The Kier molecular flexibility index (Phi) is 7.14. The average Bonchev–Trinajstić information content (AvgIpc) is 3.34. The molecule has 1 aliphatic rings. The third kappa shape index (κ3) is 5.03. The lowest BCUT2D eigenvalue weighted by Crippen LogP contribution is -2.31. The number of anilines is 2. The van der Waals surface area contributed by atoms with Gasteiger partial charge in [0.15, 0.2) is 0 Å². The molecule has 8 nitrogen and oxygen atoms in total. The minimum absolute atomic E-state index is 0.273. The smallest absolute Gasteiger partial charge is 0.255 e. The molecule has 2 N–H and O–H groups in total. The summed E-state index contributed by atoms with van der Waals surface area (Å²) in [5.74, 6) is 2.26. The van der Waals surface area contributed by atoms with Gasteiger partial charge in [-0.15, -0.1) is 5.10 Å². The Morgan fingerprint density at radius 1 is 0.973 bits per heavy atom. The normalized spacial score (nSPS) is 14.5. The molecule has 0 aliphatic carbocycles. The number of rotatable bonds is 8. The van der Waals surface area contributed by atoms with Crippen LogP contribution in [0.25, 0.3) is 0 Å². The summed E-state index contributed by atoms with van der Waals surface area (Å²) in [4.78, 5) is 18.5. The van der Waals surface area contributed by atoms with Gasteiger partial charge in [-0.3, -0.25) is 4.79 Å². The molecule has 1 atom stereocenters. The van der Waals surface area contributed by atoms with Gasteiger partial charge >= 0.3 is 0 Å². The number of methoxy groups -OCH3 is 2. The lowest BCUT2D eigenvalue weighted by atomic mass is 9.94. The largest absolute Gasteiger partial charge is 0.496 e. The Balaban J connectivity index is 1.53. The number of nitrogens with one attached hydrogen (secondary N) is 2. The number of hydrogen-bond donors (Lipinski definition) is 2. The van der Waals surface area contributed by atoms with E-state index in [0.717, 1.165) is 11.3 Å². The van der Waals surface area contributed by atoms with Crippen molar-refractivity contribution in [3.05, 3.63) is 101 Å². The van der Waals surface area contributed by atoms with Crippen LogP contribution < -0.4 is 20.1 Å². The van der Waals surface area contributed by atoms with E-state index in [1.165, 1.54) is 5.56 Å². The van der Waals surface area contributed by atoms with Crippen LogP contribution in [0.3, 0.4) is 0 Å². The van der Waals surface area contributed by atoms with Gasteiger partial charge in [0.05, 0.1) is 25.5 Å². The van der Waals surface area contributed by atoms with Gasteiger partial charge in [-0.1, -0.05) is 72.4 Å². The maximum Gasteiger partial charge on any atom is 0.255 e. The van der Waals surface area contributed by atoms with Gasteiger partial charge < -0.3 is 20.1 Å². The van der Waals surface area contributed by atoms with Crippen molar-refractivity contribution in [1.82, 2.24) is 14.8 Å². The first kappa shape index (κ1) is 24.5. The van der Waals surface area contributed by atoms with Crippen molar-refractivity contribution in [1.29, 1.82) is 0 Å². The average molecular weight is 514 g/mol. The van der Waals surface area contributed by atoms with Gasteiger partial charge in [0.25, 0.3) is 5.91 Å². The van der Waals surface area contributed by atoms with E-state index in [0.29, 0.717) is 39.6 Å². The number of nitrogens with zero attached hydrogens (tertiary/aromatic N) is 3. The minimum atomic E-state index is -0.555. The number of carbonyl (C=O) groups excluding carboxylic acids is 1. The molecule has 0 bridgehead atoms. The number of allylic oxidation sites excluding steroid dienone is 1. The van der Waals surface area contributed by atoms with Crippen molar-refractivity contribution in [3.63, 3.8) is 0 Å². The van der Waals surface area contributed by atoms with E-state index in [-0.39, 0.29) is 5.91 Å². The fourth-order valence-corrected chi connectivity index (χ4v) is 5.11. The number of carbonyl (C=O) groups is 1. The van der Waals surface area contributed by atoms with Crippen molar-refractivity contribution in [3.8, 4) is 11.5 Å². The molecular formula is C28H27N5O3S. The molecule has 1 aromatic heterocycles. The highest BCUT2D eigenvalue weighted by Gasteiger charge is 2.36. The molecule has 1 unspecified atom stereocenters. The van der Waals surface area contributed by atoms with Crippen LogP contribution in [0.5, 0.6) is 11.5 Å². The Labute approximate surface area is 219 Å². The van der Waals surface area contributed by atoms with E-state index >= 15 is 0 Å². The van der Waals surface area contributed by atoms with Crippen molar-refractivity contribution in [2.45, 2.75) is 23.9 Å². The molecule has 0 fully saturated rings. The first-order valence-electron chi connectivity index (χ1n) is 11.8. The fourth-order valence-electron chi connectivity index (χ4n) is 4.33. The summed E-state index contributed by atoms with van der Waals surface area (Å²) in [7, 11) is 3.19. The van der Waals surface area contributed by atoms with Gasteiger partial charge in [0, 0.05) is 17.0 Å². The molecule has 37 heavy (non-hydrogen) atoms. The zero-order chi connectivity index (χ0) is 25.8. The van der Waals surface area contributed by atoms with Crippen LogP contribution in [0.15, 0.2) is 95.3 Å². The van der Waals surface area contributed by atoms with E-state index in [4.69, 9.17) is 19.6 Å². The predicted molar refractivity (Wildman–Crippen MR) is 145 cm³/mol. The van der Waals surface area contributed by atoms with E-state index in [9.17, 15) is 4.79 Å². The molecule has 3 aromatic carbocycles. The topological polar surface area (TPSA) is 90.3 Å². The summed E-state index contributed by atoms with van der Waals surface area (Å²) in [6.45, 7) is 1.87. The molecule has 188 valence electrons. The Hall–Kier alpha value is -4.24. The standard InChI is InChI=1S/C28H27N5O3S/c1-18-24(26(34)30-21-14-8-10-16-23(21)36-3)25(20-13-7-9-15-22(20)35-2)33-27(29-18)31-28(32-33)37-17-19-11-5-4-6-12-19/h4-16,25H,17H2,1-3H3,(H,30,34)(H,29,31,32). The zero-order valence-corrected chi connectivity index (χ0v) is 21.6. The van der Waals surface area contributed by atoms with Crippen molar-refractivity contribution in [2.75, 3.05) is 24.9 Å². The maximum absolute atomic E-state index is 13.8. The quantitative estimate of drug-likeness (QED) is 0.300. The minimum Gasteiger partial charge on any atom is -0.496 e. The summed E-state index contributed by atoms with van der Waals surface area (Å²) in [6, 6.07) is 24.6. The number of ether oxygens (including phenoxy) is 2. The highest BCUT2D eigenvalue weighted by atomic mass is 32.2. The number of aromatic nitrogens is 3. The molecular weight excluding hydrogens is 486 g/mol. The van der Waals surface area contributed by atoms with Crippen molar-refractivity contribution in [2.24, 2.45) is 0 Å². The number of thioether (sulfide) groups is 1. The lowest BCUT2D eigenvalue weighted by Gasteiger charge is -2.29. The summed E-state index contributed by atoms with van der Waals surface area (Å²) in [5, 5.41) is 11.7. The number of amides is 1. The number of fused-ring (bicyclic) bond motifs is 1. The SMILES string of the molecule is COc1ccccc1NC(=O)C1=C(C)Nc2nc(SCc3ccccc3)nn2C1c1ccccc1OC. The van der Waals surface area contributed by atoms with Crippen LogP contribution in [0.1, 0.15) is 24.1 Å². The maximum atomic E-state index is 13.8. The highest BCUT2D eigenvalue weighted by molar-refractivity contribution is 7.98. The molecule has 1 aliphatic heterocycles. The van der Waals surface area contributed by atoms with Gasteiger partial charge in [0.1, 0.15) is 17.5 Å². The van der Waals surface area contributed by atoms with Crippen LogP contribution >= 0.6 is 11.8 Å². The summed E-state index contributed by atoms with van der Waals surface area (Å²) in [5.41, 5.74) is 3.76. The van der Waals surface area contributed by atoms with Gasteiger partial charge in [-0.25, -0.2) is 4.68 Å². The summed E-state index contributed by atoms with van der Waals surface area (Å²) < 4.78 is 12.9. The van der Waals surface area contributed by atoms with Crippen molar-refractivity contribution < 1.29 is 14.3 Å². The number of para-hydroxylation sites is 3. The second kappa shape index (κ2) is 10.8. The van der Waals surface area contributed by atoms with Crippen LogP contribution in [0, 0.1) is 0 Å². The van der Waals surface area contributed by atoms with Crippen LogP contribution in [-0.2, 0) is 10.5 Å². The predicted octanol–water partition coefficient (Wildman–Crippen LogP) is 5.52. The zero-order valence-electron chi connectivity index (χ0n) is 20.8. The van der Waals surface area contributed by atoms with Gasteiger partial charge in [-0.2, -0.15) is 4.98 Å². The molecule has 0 saturated heterocycles. The van der Waals surface area contributed by atoms with E-state index in [1.807, 2.05) is 61.5 Å². The van der Waals surface area contributed by atoms with E-state index in [1.54, 1.807) is 42.8 Å². The third-order valence-corrected chi connectivity index (χ3v) is 6.99. The van der Waals surface area contributed by atoms with Crippen LogP contribution in [0.2, 0.25) is 0 Å². The highest BCUT2D eigenvalue weighted by Crippen LogP contribution is 2.40. The Morgan fingerprint density at radius 2 is 1.65 bits per heavy atom.